The number of nitrogens with zero attached hydrogens (tertiary/aromatic N) is 5. The topological polar surface area (TPSA) is 162 Å². The predicted octanol–water partition coefficient (Wildman–Crippen LogP) is 6.64. The molecule has 6 rings (SSSR count). The van der Waals surface area contributed by atoms with Crippen LogP contribution < -0.4 is 20.3 Å². The summed E-state index contributed by atoms with van der Waals surface area (Å²) < 4.78 is 49.9. The van der Waals surface area contributed by atoms with Crippen molar-refractivity contribution in [2.75, 3.05) is 56.6 Å². The highest BCUT2D eigenvalue weighted by Gasteiger charge is 2.42. The zero-order valence-corrected chi connectivity index (χ0v) is 33.2. The highest BCUT2D eigenvalue weighted by molar-refractivity contribution is 6.05. The molecule has 17 heteroatoms. The summed E-state index contributed by atoms with van der Waals surface area (Å²) in [7, 11) is 1.22. The average molecular weight is 805 g/mol. The van der Waals surface area contributed by atoms with Crippen LogP contribution in [-0.2, 0) is 14.3 Å². The number of methoxy groups -OCH3 is 1. The van der Waals surface area contributed by atoms with Gasteiger partial charge >= 0.3 is 12.5 Å². The minimum absolute atomic E-state index is 0.0583. The van der Waals surface area contributed by atoms with Gasteiger partial charge in [-0.3, -0.25) is 14.4 Å². The van der Waals surface area contributed by atoms with E-state index in [1.807, 2.05) is 44.4 Å². The van der Waals surface area contributed by atoms with Gasteiger partial charge in [0.15, 0.2) is 0 Å². The van der Waals surface area contributed by atoms with E-state index >= 15 is 0 Å². The lowest BCUT2D eigenvalue weighted by molar-refractivity contribution is -0.274. The summed E-state index contributed by atoms with van der Waals surface area (Å²) in [6, 6.07) is 13.6. The number of ether oxygens (including phenoxy) is 2. The maximum Gasteiger partial charge on any atom is 0.573 e. The third-order valence-corrected chi connectivity index (χ3v) is 10.0. The van der Waals surface area contributed by atoms with Crippen molar-refractivity contribution in [3.8, 4) is 28.1 Å². The Kier molecular flexibility index (Phi) is 11.7. The number of alkyl halides is 3. The Morgan fingerprint density at radius 3 is 2.22 bits per heavy atom. The average Bonchev–Trinajstić information content (AvgIpc) is 3.80. The van der Waals surface area contributed by atoms with Crippen molar-refractivity contribution < 1.29 is 41.8 Å². The van der Waals surface area contributed by atoms with Gasteiger partial charge in [-0.1, -0.05) is 58.9 Å². The molecular weight excluding hydrogens is 757 g/mol. The number of hydrogen-bond acceptors (Lipinski definition) is 9. The van der Waals surface area contributed by atoms with Crippen LogP contribution in [0.1, 0.15) is 63.3 Å². The number of H-pyrrole nitrogens is 1. The lowest BCUT2D eigenvalue weighted by Gasteiger charge is -2.38. The van der Waals surface area contributed by atoms with Crippen molar-refractivity contribution in [2.45, 2.75) is 53.4 Å². The van der Waals surface area contributed by atoms with E-state index < -0.39 is 29.5 Å². The zero-order chi connectivity index (χ0) is 42.0. The van der Waals surface area contributed by atoms with Gasteiger partial charge in [0, 0.05) is 49.3 Å². The number of carbonyl (C=O) groups is 4. The molecule has 0 spiro atoms. The van der Waals surface area contributed by atoms with Crippen LogP contribution in [0.25, 0.3) is 22.4 Å². The van der Waals surface area contributed by atoms with E-state index in [0.29, 0.717) is 73.3 Å². The second-order valence-corrected chi connectivity index (χ2v) is 16.2. The molecule has 308 valence electrons. The van der Waals surface area contributed by atoms with Gasteiger partial charge in [0.1, 0.15) is 23.9 Å². The quantitative estimate of drug-likeness (QED) is 0.169. The van der Waals surface area contributed by atoms with E-state index in [4.69, 9.17) is 0 Å². The van der Waals surface area contributed by atoms with Gasteiger partial charge in [-0.25, -0.2) is 14.8 Å². The van der Waals surface area contributed by atoms with Gasteiger partial charge in [0.05, 0.1) is 36.9 Å². The minimum atomic E-state index is -5.03. The van der Waals surface area contributed by atoms with Gasteiger partial charge in [0.2, 0.25) is 11.8 Å². The summed E-state index contributed by atoms with van der Waals surface area (Å²) in [4.78, 5) is 68.3. The Hall–Kier alpha value is -6.13. The Morgan fingerprint density at radius 2 is 1.60 bits per heavy atom. The summed E-state index contributed by atoms with van der Waals surface area (Å²) in [5.41, 5.74) is 1.46. The van der Waals surface area contributed by atoms with E-state index in [9.17, 15) is 32.3 Å². The molecule has 4 aromatic rings. The van der Waals surface area contributed by atoms with Gasteiger partial charge in [0.25, 0.3) is 5.91 Å². The van der Waals surface area contributed by atoms with Crippen LogP contribution in [0.3, 0.4) is 0 Å². The standard InChI is InChI=1S/C41H47F3N8O6/c1-39(2,3)37(55)51-17-15-50(16-18-51)33-14-12-28(21-45-33)48-36(54)27-11-13-29(32(19-27)58-41(42,43)44)25-7-9-26(10-8-25)30-22-46-35(49-30)31-20-40(4,5)24-52(31)34(53)23-47-38(56)57-6/h7-14,19,21-22,31H,15-18,20,23-24H2,1-6H3,(H,46,49)(H,47,56)(H,48,54). The van der Waals surface area contributed by atoms with Crippen LogP contribution in [0, 0.1) is 10.8 Å². The molecule has 2 aromatic carbocycles. The van der Waals surface area contributed by atoms with E-state index in [0.717, 1.165) is 6.07 Å². The first-order valence-electron chi connectivity index (χ1n) is 18.8. The third kappa shape index (κ3) is 9.87. The molecule has 3 N–H and O–H groups in total. The monoisotopic (exact) mass is 804 g/mol. The first kappa shape index (κ1) is 41.5. The summed E-state index contributed by atoms with van der Waals surface area (Å²) in [6.45, 7) is 12.3. The number of rotatable bonds is 9. The Bertz CT molecular complexity index is 2140. The lowest BCUT2D eigenvalue weighted by Crippen LogP contribution is -2.51. The van der Waals surface area contributed by atoms with E-state index in [-0.39, 0.29) is 40.9 Å². The van der Waals surface area contributed by atoms with Crippen LogP contribution in [0.15, 0.2) is 67.0 Å². The third-order valence-electron chi connectivity index (χ3n) is 10.0. The number of halogens is 3. The van der Waals surface area contributed by atoms with Crippen LogP contribution in [0.5, 0.6) is 5.75 Å². The van der Waals surface area contributed by atoms with E-state index in [2.05, 4.69) is 35.1 Å². The van der Waals surface area contributed by atoms with Crippen molar-refractivity contribution in [3.63, 3.8) is 0 Å². The summed E-state index contributed by atoms with van der Waals surface area (Å²) in [6.07, 6.45) is -2.01. The number of aromatic nitrogens is 3. The molecule has 0 bridgehead atoms. The first-order chi connectivity index (χ1) is 27.3. The largest absolute Gasteiger partial charge is 0.573 e. The number of aromatic amines is 1. The Morgan fingerprint density at radius 1 is 0.914 bits per heavy atom. The number of alkyl carbamates (subject to hydrolysis) is 1. The van der Waals surface area contributed by atoms with E-state index in [1.165, 1.54) is 25.4 Å². The zero-order valence-electron chi connectivity index (χ0n) is 33.2. The normalized spacial score (nSPS) is 16.8. The minimum Gasteiger partial charge on any atom is -0.453 e. The number of nitrogens with one attached hydrogen (secondary N) is 3. The molecule has 0 aliphatic carbocycles. The predicted molar refractivity (Wildman–Crippen MR) is 210 cm³/mol. The summed E-state index contributed by atoms with van der Waals surface area (Å²) >= 11 is 0. The molecular formula is C41H47F3N8O6. The molecule has 14 nitrogen and oxygen atoms in total. The van der Waals surface area contributed by atoms with Crippen LogP contribution in [0.2, 0.25) is 0 Å². The Balaban J connectivity index is 1.13. The number of likely N-dealkylation sites (tertiary alicyclic amines) is 1. The number of anilines is 2. The van der Waals surface area contributed by atoms with Crippen molar-refractivity contribution in [1.29, 1.82) is 0 Å². The summed E-state index contributed by atoms with van der Waals surface area (Å²) in [5, 5.41) is 5.11. The number of piperazine rings is 1. The van der Waals surface area contributed by atoms with Crippen molar-refractivity contribution in [3.05, 3.63) is 78.4 Å². The highest BCUT2D eigenvalue weighted by Crippen LogP contribution is 2.42. The highest BCUT2D eigenvalue weighted by atomic mass is 19.4. The van der Waals surface area contributed by atoms with Crippen LogP contribution >= 0.6 is 0 Å². The number of benzene rings is 2. The fourth-order valence-electron chi connectivity index (χ4n) is 7.15. The number of amides is 4. The fourth-order valence-corrected chi connectivity index (χ4v) is 7.15. The molecule has 58 heavy (non-hydrogen) atoms. The molecule has 2 aliphatic rings. The fraction of sp³-hybridized carbons (Fsp3) is 0.415. The van der Waals surface area contributed by atoms with Crippen molar-refractivity contribution in [2.24, 2.45) is 10.8 Å². The first-order valence-corrected chi connectivity index (χ1v) is 18.8. The second kappa shape index (κ2) is 16.4. The molecule has 2 aliphatic heterocycles. The molecule has 1 atom stereocenters. The molecule has 2 fully saturated rings. The lowest BCUT2D eigenvalue weighted by atomic mass is 9.90. The molecule has 4 amide bonds. The molecule has 2 saturated heterocycles. The molecule has 0 saturated carbocycles. The van der Waals surface area contributed by atoms with Gasteiger partial charge in [-0.05, 0) is 53.3 Å². The van der Waals surface area contributed by atoms with Crippen molar-refractivity contribution >= 4 is 35.3 Å². The smallest absolute Gasteiger partial charge is 0.453 e. The second-order valence-electron chi connectivity index (χ2n) is 16.2. The van der Waals surface area contributed by atoms with Gasteiger partial charge in [-0.15, -0.1) is 13.2 Å². The maximum absolute atomic E-state index is 13.6. The Labute approximate surface area is 334 Å². The molecule has 2 aromatic heterocycles. The van der Waals surface area contributed by atoms with Gasteiger partial charge < -0.3 is 39.8 Å². The van der Waals surface area contributed by atoms with Gasteiger partial charge in [-0.2, -0.15) is 0 Å². The number of carbonyl (C=O) groups excluding carboxylic acids is 4. The number of pyridine rings is 1. The molecule has 1 unspecified atom stereocenters. The SMILES string of the molecule is COC(=O)NCC(=O)N1CC(C)(C)CC1c1ncc(-c2ccc(-c3ccc(C(=O)Nc4ccc(N5CCN(C(=O)C(C)(C)C)CC5)nc4)cc3OC(F)(F)F)cc2)[nH]1. The summed E-state index contributed by atoms with van der Waals surface area (Å²) in [5.74, 6) is -0.167. The van der Waals surface area contributed by atoms with Crippen LogP contribution in [0.4, 0.5) is 29.5 Å². The van der Waals surface area contributed by atoms with E-state index in [1.54, 1.807) is 47.5 Å². The van der Waals surface area contributed by atoms with Crippen LogP contribution in [-0.4, -0.2) is 101 Å². The number of hydrogen-bond donors (Lipinski definition) is 3. The maximum atomic E-state index is 13.6. The van der Waals surface area contributed by atoms with Crippen molar-refractivity contribution in [1.82, 2.24) is 30.1 Å². The molecule has 0 radical (unpaired) electrons. The number of imidazole rings is 1. The molecule has 4 heterocycles.